The Morgan fingerprint density at radius 3 is 2.38 bits per heavy atom. The monoisotopic (exact) mass is 285 g/mol. The molecule has 2 heteroatoms. The molecule has 0 unspecified atom stereocenters. The van der Waals surface area contributed by atoms with E-state index in [2.05, 4.69) is 69.4 Å². The summed E-state index contributed by atoms with van der Waals surface area (Å²) in [5.41, 5.74) is 2.88. The Balaban J connectivity index is 1.86. The van der Waals surface area contributed by atoms with E-state index in [9.17, 15) is 0 Å². The van der Waals surface area contributed by atoms with Crippen molar-refractivity contribution >= 4 is 10.8 Å². The van der Waals surface area contributed by atoms with Gasteiger partial charge < -0.3 is 10.1 Å². The van der Waals surface area contributed by atoms with Crippen LogP contribution < -0.4 is 5.32 Å². The molecule has 0 amide bonds. The smallest absolute Gasteiger partial charge is 0.0591 e. The van der Waals surface area contributed by atoms with Crippen LogP contribution in [0.25, 0.3) is 10.8 Å². The van der Waals surface area contributed by atoms with Crippen LogP contribution in [0.3, 0.4) is 0 Å². The van der Waals surface area contributed by atoms with Gasteiger partial charge in [0, 0.05) is 12.1 Å². The minimum absolute atomic E-state index is 0.163. The fourth-order valence-corrected chi connectivity index (χ4v) is 2.51. The van der Waals surface area contributed by atoms with Gasteiger partial charge >= 0.3 is 0 Å². The Bertz CT molecular complexity index is 584. The maximum Gasteiger partial charge on any atom is 0.0591 e. The van der Waals surface area contributed by atoms with E-state index in [4.69, 9.17) is 4.74 Å². The standard InChI is InChI=1S/C19H27NO/c1-15-9-10-16(18-8-6-5-7-17(15)18)11-13-21-14-12-20-19(2,3)4/h5-10,20H,11-14H2,1-4H3. The molecule has 2 aromatic carbocycles. The van der Waals surface area contributed by atoms with Crippen LogP contribution in [0.2, 0.25) is 0 Å². The zero-order chi connectivity index (χ0) is 15.3. The van der Waals surface area contributed by atoms with Crippen molar-refractivity contribution in [1.29, 1.82) is 0 Å². The number of nitrogens with one attached hydrogen (secondary N) is 1. The molecule has 21 heavy (non-hydrogen) atoms. The van der Waals surface area contributed by atoms with Crippen molar-refractivity contribution in [2.24, 2.45) is 0 Å². The minimum Gasteiger partial charge on any atom is -0.380 e. The van der Waals surface area contributed by atoms with Gasteiger partial charge in [-0.1, -0.05) is 36.4 Å². The van der Waals surface area contributed by atoms with Crippen LogP contribution in [0.5, 0.6) is 0 Å². The Kier molecular flexibility index (Phi) is 5.38. The normalized spacial score (nSPS) is 12.0. The number of rotatable bonds is 6. The first-order chi connectivity index (χ1) is 9.97. The van der Waals surface area contributed by atoms with E-state index in [1.165, 1.54) is 21.9 Å². The lowest BCUT2D eigenvalue weighted by Crippen LogP contribution is -2.38. The third-order valence-electron chi connectivity index (χ3n) is 3.65. The molecule has 0 aliphatic carbocycles. The van der Waals surface area contributed by atoms with E-state index in [1.54, 1.807) is 0 Å². The second-order valence-corrected chi connectivity index (χ2v) is 6.63. The average molecular weight is 285 g/mol. The lowest BCUT2D eigenvalue weighted by Gasteiger charge is -2.20. The van der Waals surface area contributed by atoms with Gasteiger partial charge in [-0.05, 0) is 56.0 Å². The van der Waals surface area contributed by atoms with Crippen molar-refractivity contribution in [2.45, 2.75) is 39.7 Å². The molecule has 1 N–H and O–H groups in total. The van der Waals surface area contributed by atoms with Crippen molar-refractivity contribution in [3.63, 3.8) is 0 Å². The van der Waals surface area contributed by atoms with E-state index >= 15 is 0 Å². The van der Waals surface area contributed by atoms with Crippen molar-refractivity contribution in [2.75, 3.05) is 19.8 Å². The van der Waals surface area contributed by atoms with Crippen LogP contribution in [-0.2, 0) is 11.2 Å². The van der Waals surface area contributed by atoms with Crippen LogP contribution in [0.1, 0.15) is 31.9 Å². The third-order valence-corrected chi connectivity index (χ3v) is 3.65. The maximum absolute atomic E-state index is 5.75. The molecule has 0 fully saturated rings. The Morgan fingerprint density at radius 2 is 1.67 bits per heavy atom. The molecule has 2 rings (SSSR count). The number of benzene rings is 2. The van der Waals surface area contributed by atoms with Crippen LogP contribution in [0.15, 0.2) is 36.4 Å². The summed E-state index contributed by atoms with van der Waals surface area (Å²) in [6.45, 7) is 11.1. The quantitative estimate of drug-likeness (QED) is 0.807. The number of aryl methyl sites for hydroxylation is 1. The van der Waals surface area contributed by atoms with E-state index in [0.717, 1.165) is 26.2 Å². The SMILES string of the molecule is Cc1ccc(CCOCCNC(C)(C)C)c2ccccc12. The molecule has 0 heterocycles. The number of hydrogen-bond acceptors (Lipinski definition) is 2. The van der Waals surface area contributed by atoms with Crippen molar-refractivity contribution in [3.8, 4) is 0 Å². The first-order valence-electron chi connectivity index (χ1n) is 7.77. The van der Waals surface area contributed by atoms with Gasteiger partial charge in [-0.25, -0.2) is 0 Å². The summed E-state index contributed by atoms with van der Waals surface area (Å²) in [5, 5.41) is 6.14. The number of ether oxygens (including phenoxy) is 1. The largest absolute Gasteiger partial charge is 0.380 e. The maximum atomic E-state index is 5.75. The molecule has 114 valence electrons. The molecule has 0 aromatic heterocycles. The molecule has 0 spiro atoms. The van der Waals surface area contributed by atoms with E-state index < -0.39 is 0 Å². The molecule has 0 aliphatic heterocycles. The van der Waals surface area contributed by atoms with Gasteiger partial charge in [-0.2, -0.15) is 0 Å². The predicted molar refractivity (Wildman–Crippen MR) is 91.0 cm³/mol. The van der Waals surface area contributed by atoms with Crippen LogP contribution in [0, 0.1) is 6.92 Å². The second kappa shape index (κ2) is 7.06. The number of hydrogen-bond donors (Lipinski definition) is 1. The van der Waals surface area contributed by atoms with E-state index in [1.807, 2.05) is 0 Å². The predicted octanol–water partition coefficient (Wildman–Crippen LogP) is 4.10. The fourth-order valence-electron chi connectivity index (χ4n) is 2.51. The fraction of sp³-hybridized carbons (Fsp3) is 0.474. The molecule has 0 saturated heterocycles. The van der Waals surface area contributed by atoms with Crippen LogP contribution in [-0.4, -0.2) is 25.3 Å². The second-order valence-electron chi connectivity index (χ2n) is 6.63. The van der Waals surface area contributed by atoms with Crippen molar-refractivity contribution < 1.29 is 4.74 Å². The summed E-state index contributed by atoms with van der Waals surface area (Å²) in [6, 6.07) is 13.1. The Labute approximate surface area is 128 Å². The Morgan fingerprint density at radius 1 is 0.952 bits per heavy atom. The van der Waals surface area contributed by atoms with Gasteiger partial charge in [0.15, 0.2) is 0 Å². The van der Waals surface area contributed by atoms with E-state index in [-0.39, 0.29) is 5.54 Å². The lowest BCUT2D eigenvalue weighted by molar-refractivity contribution is 0.134. The summed E-state index contributed by atoms with van der Waals surface area (Å²) in [5.74, 6) is 0. The highest BCUT2D eigenvalue weighted by Crippen LogP contribution is 2.22. The molecule has 0 saturated carbocycles. The van der Waals surface area contributed by atoms with Crippen LogP contribution >= 0.6 is 0 Å². The zero-order valence-corrected chi connectivity index (χ0v) is 13.7. The lowest BCUT2D eigenvalue weighted by atomic mass is 9.99. The molecule has 2 aromatic rings. The first kappa shape index (κ1) is 16.0. The average Bonchev–Trinajstić information content (AvgIpc) is 2.44. The third kappa shape index (κ3) is 4.83. The summed E-state index contributed by atoms with van der Waals surface area (Å²) in [4.78, 5) is 0. The van der Waals surface area contributed by atoms with Gasteiger partial charge in [-0.3, -0.25) is 0 Å². The highest BCUT2D eigenvalue weighted by Gasteiger charge is 2.07. The Hall–Kier alpha value is -1.38. The van der Waals surface area contributed by atoms with Crippen molar-refractivity contribution in [1.82, 2.24) is 5.32 Å². The molecule has 0 radical (unpaired) electrons. The van der Waals surface area contributed by atoms with Gasteiger partial charge in [0.05, 0.1) is 13.2 Å². The molecule has 0 atom stereocenters. The summed E-state index contributed by atoms with van der Waals surface area (Å²) >= 11 is 0. The highest BCUT2D eigenvalue weighted by molar-refractivity contribution is 5.88. The topological polar surface area (TPSA) is 21.3 Å². The molecular weight excluding hydrogens is 258 g/mol. The minimum atomic E-state index is 0.163. The van der Waals surface area contributed by atoms with Crippen molar-refractivity contribution in [3.05, 3.63) is 47.5 Å². The van der Waals surface area contributed by atoms with Gasteiger partial charge in [0.1, 0.15) is 0 Å². The summed E-state index contributed by atoms with van der Waals surface area (Å²) in [7, 11) is 0. The van der Waals surface area contributed by atoms with Crippen LogP contribution in [0.4, 0.5) is 0 Å². The van der Waals surface area contributed by atoms with Gasteiger partial charge in [-0.15, -0.1) is 0 Å². The van der Waals surface area contributed by atoms with E-state index in [0.29, 0.717) is 0 Å². The number of fused-ring (bicyclic) bond motifs is 1. The van der Waals surface area contributed by atoms with Gasteiger partial charge in [0.25, 0.3) is 0 Å². The highest BCUT2D eigenvalue weighted by atomic mass is 16.5. The summed E-state index contributed by atoms with van der Waals surface area (Å²) in [6.07, 6.45) is 0.969. The summed E-state index contributed by atoms with van der Waals surface area (Å²) < 4.78 is 5.75. The van der Waals surface area contributed by atoms with Gasteiger partial charge in [0.2, 0.25) is 0 Å². The molecular formula is C19H27NO. The first-order valence-corrected chi connectivity index (χ1v) is 7.77. The molecule has 2 nitrogen and oxygen atoms in total. The zero-order valence-electron chi connectivity index (χ0n) is 13.7. The molecule has 0 aliphatic rings. The molecule has 0 bridgehead atoms.